The summed E-state index contributed by atoms with van der Waals surface area (Å²) in [5.74, 6) is -1.45. The summed E-state index contributed by atoms with van der Waals surface area (Å²) in [6, 6.07) is 3.99. The quantitative estimate of drug-likeness (QED) is 0.754. The average molecular weight is 237 g/mol. The van der Waals surface area contributed by atoms with Gasteiger partial charge in [0.05, 0.1) is 12.7 Å². The van der Waals surface area contributed by atoms with Gasteiger partial charge in [-0.2, -0.15) is 0 Å². The molecule has 0 amide bonds. The monoisotopic (exact) mass is 237 g/mol. The summed E-state index contributed by atoms with van der Waals surface area (Å²) < 4.78 is 4.53. The summed E-state index contributed by atoms with van der Waals surface area (Å²) in [6.07, 6.45) is 0.332. The first-order valence-corrected chi connectivity index (χ1v) is 5.12. The van der Waals surface area contributed by atoms with Gasteiger partial charge in [0, 0.05) is 0 Å². The Morgan fingerprint density at radius 1 is 1.47 bits per heavy atom. The largest absolute Gasteiger partial charge is 0.478 e. The summed E-state index contributed by atoms with van der Waals surface area (Å²) >= 11 is 0. The Morgan fingerprint density at radius 2 is 2.12 bits per heavy atom. The van der Waals surface area contributed by atoms with Crippen molar-refractivity contribution in [1.82, 2.24) is 0 Å². The van der Waals surface area contributed by atoms with Gasteiger partial charge in [-0.15, -0.1) is 0 Å². The van der Waals surface area contributed by atoms with Crippen molar-refractivity contribution < 1.29 is 19.4 Å². The Balaban J connectivity index is 2.86. The SMILES string of the molecule is COC(=O)C(N)Cc1ccc(C(=O)O)cc1C. The third-order valence-electron chi connectivity index (χ3n) is 2.53. The zero-order valence-corrected chi connectivity index (χ0v) is 9.77. The molecule has 1 atom stereocenters. The zero-order chi connectivity index (χ0) is 13.0. The van der Waals surface area contributed by atoms with E-state index in [1.165, 1.54) is 13.2 Å². The first-order chi connectivity index (χ1) is 7.95. The lowest BCUT2D eigenvalue weighted by molar-refractivity contribution is -0.142. The van der Waals surface area contributed by atoms with Crippen molar-refractivity contribution in [3.8, 4) is 0 Å². The minimum Gasteiger partial charge on any atom is -0.478 e. The van der Waals surface area contributed by atoms with Gasteiger partial charge < -0.3 is 15.6 Å². The average Bonchev–Trinajstić information content (AvgIpc) is 2.30. The highest BCUT2D eigenvalue weighted by molar-refractivity contribution is 5.88. The molecule has 5 heteroatoms. The van der Waals surface area contributed by atoms with E-state index in [9.17, 15) is 9.59 Å². The highest BCUT2D eigenvalue weighted by Crippen LogP contribution is 2.13. The van der Waals surface area contributed by atoms with Crippen LogP contribution in [-0.4, -0.2) is 30.2 Å². The van der Waals surface area contributed by atoms with Crippen molar-refractivity contribution in [2.24, 2.45) is 5.73 Å². The number of rotatable bonds is 4. The molecule has 1 rings (SSSR count). The fourth-order valence-corrected chi connectivity index (χ4v) is 1.53. The van der Waals surface area contributed by atoms with E-state index in [4.69, 9.17) is 10.8 Å². The van der Waals surface area contributed by atoms with Crippen molar-refractivity contribution in [2.45, 2.75) is 19.4 Å². The highest BCUT2D eigenvalue weighted by atomic mass is 16.5. The van der Waals surface area contributed by atoms with Crippen molar-refractivity contribution in [3.63, 3.8) is 0 Å². The fraction of sp³-hybridized carbons (Fsp3) is 0.333. The Hall–Kier alpha value is -1.88. The molecule has 1 aromatic carbocycles. The Kier molecular flexibility index (Phi) is 4.23. The van der Waals surface area contributed by atoms with Gasteiger partial charge in [0.1, 0.15) is 6.04 Å². The number of carbonyl (C=O) groups excluding carboxylic acids is 1. The molecule has 0 radical (unpaired) electrons. The summed E-state index contributed by atoms with van der Waals surface area (Å²) in [5.41, 5.74) is 7.49. The number of carboxylic acids is 1. The van der Waals surface area contributed by atoms with Gasteiger partial charge in [-0.1, -0.05) is 6.07 Å². The second kappa shape index (κ2) is 5.45. The van der Waals surface area contributed by atoms with Crippen LogP contribution < -0.4 is 5.73 Å². The number of aromatic carboxylic acids is 1. The van der Waals surface area contributed by atoms with Gasteiger partial charge in [0.25, 0.3) is 0 Å². The molecule has 0 aromatic heterocycles. The van der Waals surface area contributed by atoms with E-state index < -0.39 is 18.0 Å². The topological polar surface area (TPSA) is 89.6 Å². The molecule has 0 spiro atoms. The van der Waals surface area contributed by atoms with Gasteiger partial charge >= 0.3 is 11.9 Å². The molecule has 0 heterocycles. The molecule has 1 aromatic rings. The van der Waals surface area contributed by atoms with E-state index in [1.54, 1.807) is 19.1 Å². The van der Waals surface area contributed by atoms with Crippen LogP contribution in [0.5, 0.6) is 0 Å². The fourth-order valence-electron chi connectivity index (χ4n) is 1.53. The highest BCUT2D eigenvalue weighted by Gasteiger charge is 2.16. The van der Waals surface area contributed by atoms with E-state index in [2.05, 4.69) is 4.74 Å². The molecule has 0 aliphatic carbocycles. The van der Waals surface area contributed by atoms with Crippen LogP contribution in [-0.2, 0) is 16.0 Å². The van der Waals surface area contributed by atoms with Gasteiger partial charge in [-0.05, 0) is 36.6 Å². The third kappa shape index (κ3) is 3.29. The summed E-state index contributed by atoms with van der Waals surface area (Å²) in [5, 5.41) is 8.81. The first kappa shape index (κ1) is 13.2. The maximum Gasteiger partial charge on any atom is 0.335 e. The molecule has 1 unspecified atom stereocenters. The molecule has 0 fully saturated rings. The van der Waals surface area contributed by atoms with E-state index in [0.29, 0.717) is 6.42 Å². The van der Waals surface area contributed by atoms with Gasteiger partial charge in [-0.3, -0.25) is 4.79 Å². The number of aryl methyl sites for hydroxylation is 1. The van der Waals surface area contributed by atoms with Crippen molar-refractivity contribution in [3.05, 3.63) is 34.9 Å². The van der Waals surface area contributed by atoms with E-state index >= 15 is 0 Å². The number of hydrogen-bond donors (Lipinski definition) is 2. The molecule has 17 heavy (non-hydrogen) atoms. The lowest BCUT2D eigenvalue weighted by Crippen LogP contribution is -2.33. The molecule has 0 aliphatic rings. The van der Waals surface area contributed by atoms with Crippen LogP contribution in [0.25, 0.3) is 0 Å². The third-order valence-corrected chi connectivity index (χ3v) is 2.53. The van der Waals surface area contributed by atoms with Crippen LogP contribution in [0, 0.1) is 6.92 Å². The number of benzene rings is 1. The van der Waals surface area contributed by atoms with Gasteiger partial charge in [0.15, 0.2) is 0 Å². The zero-order valence-electron chi connectivity index (χ0n) is 9.77. The number of hydrogen-bond acceptors (Lipinski definition) is 4. The summed E-state index contributed by atoms with van der Waals surface area (Å²) in [4.78, 5) is 21.9. The van der Waals surface area contributed by atoms with E-state index in [1.807, 2.05) is 0 Å². The second-order valence-corrected chi connectivity index (χ2v) is 3.78. The van der Waals surface area contributed by atoms with Crippen LogP contribution >= 0.6 is 0 Å². The van der Waals surface area contributed by atoms with Gasteiger partial charge in [-0.25, -0.2) is 4.79 Å². The molecule has 0 aliphatic heterocycles. The number of nitrogens with two attached hydrogens (primary N) is 1. The second-order valence-electron chi connectivity index (χ2n) is 3.78. The lowest BCUT2D eigenvalue weighted by atomic mass is 9.99. The van der Waals surface area contributed by atoms with Crippen LogP contribution in [0.2, 0.25) is 0 Å². The number of esters is 1. The maximum absolute atomic E-state index is 11.2. The van der Waals surface area contributed by atoms with Crippen LogP contribution in [0.15, 0.2) is 18.2 Å². The minimum atomic E-state index is -0.975. The number of ether oxygens (including phenoxy) is 1. The Labute approximate surface area is 99.2 Å². The number of carboxylic acid groups (broad SMARTS) is 1. The smallest absolute Gasteiger partial charge is 0.335 e. The first-order valence-electron chi connectivity index (χ1n) is 5.12. The molecule has 92 valence electrons. The molecule has 0 saturated carbocycles. The maximum atomic E-state index is 11.2. The molecular formula is C12H15NO4. The van der Waals surface area contributed by atoms with E-state index in [-0.39, 0.29) is 5.56 Å². The molecule has 5 nitrogen and oxygen atoms in total. The normalized spacial score (nSPS) is 11.9. The van der Waals surface area contributed by atoms with E-state index in [0.717, 1.165) is 11.1 Å². The summed E-state index contributed by atoms with van der Waals surface area (Å²) in [7, 11) is 1.28. The number of methoxy groups -OCH3 is 1. The molecular weight excluding hydrogens is 222 g/mol. The van der Waals surface area contributed by atoms with Gasteiger partial charge in [0.2, 0.25) is 0 Å². The van der Waals surface area contributed by atoms with Crippen LogP contribution in [0.4, 0.5) is 0 Å². The minimum absolute atomic E-state index is 0.220. The van der Waals surface area contributed by atoms with Crippen molar-refractivity contribution >= 4 is 11.9 Å². The van der Waals surface area contributed by atoms with Crippen molar-refractivity contribution in [1.29, 1.82) is 0 Å². The Morgan fingerprint density at radius 3 is 2.59 bits per heavy atom. The predicted octanol–water partition coefficient (Wildman–Crippen LogP) is 0.736. The molecule has 0 bridgehead atoms. The lowest BCUT2D eigenvalue weighted by Gasteiger charge is -2.11. The standard InChI is InChI=1S/C12H15NO4/c1-7-5-9(11(14)15)4-3-8(7)6-10(13)12(16)17-2/h3-5,10H,6,13H2,1-2H3,(H,14,15). The molecule has 0 saturated heterocycles. The number of carbonyl (C=O) groups is 2. The van der Waals surface area contributed by atoms with Crippen molar-refractivity contribution in [2.75, 3.05) is 7.11 Å². The summed E-state index contributed by atoms with van der Waals surface area (Å²) in [6.45, 7) is 1.78. The van der Waals surface area contributed by atoms with Crippen LogP contribution in [0.1, 0.15) is 21.5 Å². The molecule has 3 N–H and O–H groups in total. The Bertz CT molecular complexity index is 442. The van der Waals surface area contributed by atoms with Crippen LogP contribution in [0.3, 0.4) is 0 Å². The predicted molar refractivity (Wildman–Crippen MR) is 61.8 cm³/mol.